The van der Waals surface area contributed by atoms with Crippen molar-refractivity contribution in [2.24, 2.45) is 0 Å². The largest absolute Gasteiger partial charge is 0.313 e. The van der Waals surface area contributed by atoms with E-state index in [4.69, 9.17) is 0 Å². The molecule has 1 fully saturated rings. The summed E-state index contributed by atoms with van der Waals surface area (Å²) in [5.74, 6) is 0. The van der Waals surface area contributed by atoms with Gasteiger partial charge in [0, 0.05) is 23.1 Å². The molecule has 2 nitrogen and oxygen atoms in total. The first kappa shape index (κ1) is 13.1. The second-order valence-electron chi connectivity index (χ2n) is 4.96. The van der Waals surface area contributed by atoms with Gasteiger partial charge in [0.05, 0.1) is 0 Å². The van der Waals surface area contributed by atoms with Crippen LogP contribution in [-0.4, -0.2) is 31.1 Å². The maximum absolute atomic E-state index is 3.55. The SMILES string of the molecule is CC(c1ccc(Br)cc1)N(C)CC1CCCN1. The minimum Gasteiger partial charge on any atom is -0.313 e. The van der Waals surface area contributed by atoms with E-state index in [2.05, 4.69) is 64.4 Å². The van der Waals surface area contributed by atoms with Gasteiger partial charge in [-0.1, -0.05) is 28.1 Å². The van der Waals surface area contributed by atoms with Gasteiger partial charge in [-0.25, -0.2) is 0 Å². The average molecular weight is 297 g/mol. The summed E-state index contributed by atoms with van der Waals surface area (Å²) in [6.45, 7) is 4.60. The van der Waals surface area contributed by atoms with Crippen molar-refractivity contribution in [3.63, 3.8) is 0 Å². The molecular formula is C14H21BrN2. The molecule has 3 heteroatoms. The van der Waals surface area contributed by atoms with Gasteiger partial charge in [0.1, 0.15) is 0 Å². The van der Waals surface area contributed by atoms with Crippen LogP contribution in [0.15, 0.2) is 28.7 Å². The van der Waals surface area contributed by atoms with Crippen LogP contribution in [0.1, 0.15) is 31.4 Å². The molecule has 1 saturated heterocycles. The first-order valence-corrected chi connectivity index (χ1v) is 7.15. The van der Waals surface area contributed by atoms with Crippen LogP contribution in [0.4, 0.5) is 0 Å². The third kappa shape index (κ3) is 3.54. The fourth-order valence-electron chi connectivity index (χ4n) is 2.41. The van der Waals surface area contributed by atoms with E-state index in [0.29, 0.717) is 12.1 Å². The molecule has 1 N–H and O–H groups in total. The lowest BCUT2D eigenvalue weighted by Crippen LogP contribution is -2.36. The quantitative estimate of drug-likeness (QED) is 0.918. The highest BCUT2D eigenvalue weighted by atomic mass is 79.9. The van der Waals surface area contributed by atoms with E-state index in [9.17, 15) is 0 Å². The van der Waals surface area contributed by atoms with Crippen molar-refractivity contribution in [2.75, 3.05) is 20.1 Å². The van der Waals surface area contributed by atoms with Crippen molar-refractivity contribution < 1.29 is 0 Å². The Hall–Kier alpha value is -0.380. The monoisotopic (exact) mass is 296 g/mol. The minimum absolute atomic E-state index is 0.477. The molecule has 0 radical (unpaired) electrons. The van der Waals surface area contributed by atoms with Gasteiger partial charge in [0.15, 0.2) is 0 Å². The van der Waals surface area contributed by atoms with Crippen molar-refractivity contribution in [1.29, 1.82) is 0 Å². The summed E-state index contributed by atoms with van der Waals surface area (Å²) in [6.07, 6.45) is 2.64. The number of nitrogens with zero attached hydrogens (tertiary/aromatic N) is 1. The van der Waals surface area contributed by atoms with Crippen molar-refractivity contribution in [1.82, 2.24) is 10.2 Å². The second-order valence-corrected chi connectivity index (χ2v) is 5.88. The van der Waals surface area contributed by atoms with Crippen molar-refractivity contribution in [2.45, 2.75) is 31.8 Å². The van der Waals surface area contributed by atoms with E-state index in [-0.39, 0.29) is 0 Å². The Morgan fingerprint density at radius 3 is 2.71 bits per heavy atom. The summed E-state index contributed by atoms with van der Waals surface area (Å²) in [6, 6.07) is 9.80. The molecule has 1 aromatic rings. The Kier molecular flexibility index (Phi) is 4.60. The Bertz CT molecular complexity index is 344. The summed E-state index contributed by atoms with van der Waals surface area (Å²) < 4.78 is 1.15. The predicted molar refractivity (Wildman–Crippen MR) is 76.2 cm³/mol. The minimum atomic E-state index is 0.477. The van der Waals surface area contributed by atoms with E-state index in [1.165, 1.54) is 24.9 Å². The Morgan fingerprint density at radius 2 is 2.12 bits per heavy atom. The highest BCUT2D eigenvalue weighted by Gasteiger charge is 2.19. The highest BCUT2D eigenvalue weighted by Crippen LogP contribution is 2.21. The highest BCUT2D eigenvalue weighted by molar-refractivity contribution is 9.10. The lowest BCUT2D eigenvalue weighted by atomic mass is 10.1. The summed E-state index contributed by atoms with van der Waals surface area (Å²) in [7, 11) is 2.21. The number of likely N-dealkylation sites (N-methyl/N-ethyl adjacent to an activating group) is 1. The Morgan fingerprint density at radius 1 is 1.41 bits per heavy atom. The lowest BCUT2D eigenvalue weighted by Gasteiger charge is -2.27. The van der Waals surface area contributed by atoms with Gasteiger partial charge in [-0.3, -0.25) is 4.90 Å². The molecular weight excluding hydrogens is 276 g/mol. The van der Waals surface area contributed by atoms with Crippen LogP contribution < -0.4 is 5.32 Å². The normalized spacial score (nSPS) is 22.0. The van der Waals surface area contributed by atoms with Crippen LogP contribution >= 0.6 is 15.9 Å². The van der Waals surface area contributed by atoms with Crippen molar-refractivity contribution in [3.8, 4) is 0 Å². The molecule has 0 aliphatic carbocycles. The summed E-state index contributed by atoms with van der Waals surface area (Å²) in [5.41, 5.74) is 1.38. The zero-order chi connectivity index (χ0) is 12.3. The molecule has 0 spiro atoms. The fourth-order valence-corrected chi connectivity index (χ4v) is 2.68. The van der Waals surface area contributed by atoms with Crippen LogP contribution in [0.3, 0.4) is 0 Å². The van der Waals surface area contributed by atoms with Crippen LogP contribution in [0.2, 0.25) is 0 Å². The molecule has 1 aliphatic rings. The van der Waals surface area contributed by atoms with Gasteiger partial charge < -0.3 is 5.32 Å². The van der Waals surface area contributed by atoms with Crippen LogP contribution in [0.25, 0.3) is 0 Å². The molecule has 0 saturated carbocycles. The van der Waals surface area contributed by atoms with Crippen molar-refractivity contribution in [3.05, 3.63) is 34.3 Å². The molecule has 0 amide bonds. The van der Waals surface area contributed by atoms with E-state index in [1.54, 1.807) is 0 Å². The first-order chi connectivity index (χ1) is 8.16. The third-order valence-corrected chi connectivity index (χ3v) is 4.21. The zero-order valence-corrected chi connectivity index (χ0v) is 12.2. The molecule has 2 rings (SSSR count). The van der Waals surface area contributed by atoms with Gasteiger partial charge >= 0.3 is 0 Å². The zero-order valence-electron chi connectivity index (χ0n) is 10.6. The topological polar surface area (TPSA) is 15.3 Å². The van der Waals surface area contributed by atoms with Gasteiger partial charge in [-0.05, 0) is 51.1 Å². The third-order valence-electron chi connectivity index (χ3n) is 3.68. The van der Waals surface area contributed by atoms with E-state index in [0.717, 1.165) is 11.0 Å². The standard InChI is InChI=1S/C14H21BrN2/c1-11(12-5-7-13(15)8-6-12)17(2)10-14-4-3-9-16-14/h5-8,11,14,16H,3-4,9-10H2,1-2H3. The Labute approximate surface area is 113 Å². The molecule has 0 bridgehead atoms. The average Bonchev–Trinajstić information content (AvgIpc) is 2.82. The summed E-state index contributed by atoms with van der Waals surface area (Å²) in [5, 5.41) is 3.55. The van der Waals surface area contributed by atoms with Crippen LogP contribution in [0, 0.1) is 0 Å². The van der Waals surface area contributed by atoms with Crippen molar-refractivity contribution >= 4 is 15.9 Å². The van der Waals surface area contributed by atoms with E-state index in [1.807, 2.05) is 0 Å². The van der Waals surface area contributed by atoms with E-state index < -0.39 is 0 Å². The molecule has 1 heterocycles. The first-order valence-electron chi connectivity index (χ1n) is 6.36. The fraction of sp³-hybridized carbons (Fsp3) is 0.571. The maximum Gasteiger partial charge on any atom is 0.0317 e. The number of hydrogen-bond acceptors (Lipinski definition) is 2. The second kappa shape index (κ2) is 5.98. The molecule has 17 heavy (non-hydrogen) atoms. The van der Waals surface area contributed by atoms with E-state index >= 15 is 0 Å². The lowest BCUT2D eigenvalue weighted by molar-refractivity contribution is 0.238. The maximum atomic E-state index is 3.55. The predicted octanol–water partition coefficient (Wildman–Crippen LogP) is 3.19. The molecule has 2 atom stereocenters. The number of halogens is 1. The Balaban J connectivity index is 1.93. The van der Waals surface area contributed by atoms with Crippen LogP contribution in [-0.2, 0) is 0 Å². The summed E-state index contributed by atoms with van der Waals surface area (Å²) >= 11 is 3.48. The number of nitrogens with one attached hydrogen (secondary N) is 1. The van der Waals surface area contributed by atoms with Crippen LogP contribution in [0.5, 0.6) is 0 Å². The number of benzene rings is 1. The molecule has 0 aromatic heterocycles. The summed E-state index contributed by atoms with van der Waals surface area (Å²) in [4.78, 5) is 2.44. The smallest absolute Gasteiger partial charge is 0.0317 e. The number of rotatable bonds is 4. The number of hydrogen-bond donors (Lipinski definition) is 1. The van der Waals surface area contributed by atoms with Gasteiger partial charge in [0.25, 0.3) is 0 Å². The molecule has 1 aliphatic heterocycles. The molecule has 94 valence electrons. The van der Waals surface area contributed by atoms with Gasteiger partial charge in [-0.2, -0.15) is 0 Å². The van der Waals surface area contributed by atoms with Gasteiger partial charge in [0.2, 0.25) is 0 Å². The molecule has 1 aromatic carbocycles. The molecule has 2 unspecified atom stereocenters. The van der Waals surface area contributed by atoms with Gasteiger partial charge in [-0.15, -0.1) is 0 Å².